The van der Waals surface area contributed by atoms with Crippen LogP contribution >= 0.6 is 11.6 Å². The van der Waals surface area contributed by atoms with Crippen LogP contribution < -0.4 is 0 Å². The fourth-order valence-electron chi connectivity index (χ4n) is 0.368. The second kappa shape index (κ2) is 3.30. The van der Waals surface area contributed by atoms with Crippen LogP contribution in [-0.2, 0) is 0 Å². The summed E-state index contributed by atoms with van der Waals surface area (Å²) in [6.07, 6.45) is 1.29. The number of hydrogen-bond acceptors (Lipinski definition) is 2. The Morgan fingerprint density at radius 3 is 2.44 bits per heavy atom. The third kappa shape index (κ3) is 2.33. The van der Waals surface area contributed by atoms with Crippen LogP contribution in [0.2, 0.25) is 5.15 Å². The van der Waals surface area contributed by atoms with Crippen LogP contribution in [0.5, 0.6) is 5.75 Å². The molecule has 0 amide bonds. The minimum atomic E-state index is 0. The highest BCUT2D eigenvalue weighted by atomic mass is 35.5. The predicted molar refractivity (Wildman–Crippen MR) is 37.6 cm³/mol. The van der Waals surface area contributed by atoms with E-state index in [9.17, 15) is 0 Å². The van der Waals surface area contributed by atoms with Crippen LogP contribution in [0.4, 0.5) is 0 Å². The lowest BCUT2D eigenvalue weighted by Gasteiger charge is -1.86. The van der Waals surface area contributed by atoms with E-state index in [0.717, 1.165) is 0 Å². The van der Waals surface area contributed by atoms with E-state index in [1.54, 1.807) is 0 Å². The molecule has 0 spiro atoms. The molecule has 1 rings (SSSR count). The van der Waals surface area contributed by atoms with E-state index in [-0.39, 0.29) is 13.2 Å². The van der Waals surface area contributed by atoms with Gasteiger partial charge in [-0.1, -0.05) is 19.0 Å². The first-order chi connectivity index (χ1) is 3.79. The topological polar surface area (TPSA) is 33.1 Å². The van der Waals surface area contributed by atoms with E-state index < -0.39 is 0 Å². The normalized spacial score (nSPS) is 8.11. The Morgan fingerprint density at radius 1 is 1.44 bits per heavy atom. The van der Waals surface area contributed by atoms with E-state index in [1.807, 2.05) is 0 Å². The highest BCUT2D eigenvalue weighted by molar-refractivity contribution is 6.29. The quantitative estimate of drug-likeness (QED) is 0.567. The van der Waals surface area contributed by atoms with Gasteiger partial charge in [0.25, 0.3) is 0 Å². The molecule has 2 nitrogen and oxygen atoms in total. The molecule has 0 radical (unpaired) electrons. The molecule has 1 N–H and O–H groups in total. The van der Waals surface area contributed by atoms with Crippen LogP contribution in [0.3, 0.4) is 0 Å². The minimum absolute atomic E-state index is 0. The van der Waals surface area contributed by atoms with Gasteiger partial charge in [-0.05, 0) is 12.1 Å². The number of halogens is 1. The number of hydrogen-bond donors (Lipinski definition) is 1. The monoisotopic (exact) mass is 145 g/mol. The van der Waals surface area contributed by atoms with E-state index in [0.29, 0.717) is 5.15 Å². The maximum Gasteiger partial charge on any atom is 0.133 e. The molecule has 50 valence electrons. The number of pyridine rings is 1. The fraction of sp³-hybridized carbons (Fsp3) is 0.167. The minimum Gasteiger partial charge on any atom is -0.506 e. The maximum absolute atomic E-state index is 8.64. The molecule has 9 heavy (non-hydrogen) atoms. The SMILES string of the molecule is C.Oc1ccc(Cl)nc1. The summed E-state index contributed by atoms with van der Waals surface area (Å²) in [7, 11) is 0. The van der Waals surface area contributed by atoms with Crippen molar-refractivity contribution < 1.29 is 5.11 Å². The van der Waals surface area contributed by atoms with Crippen molar-refractivity contribution in [3.8, 4) is 5.75 Å². The van der Waals surface area contributed by atoms with E-state index in [2.05, 4.69) is 4.98 Å². The molecular formula is C6H8ClNO. The summed E-state index contributed by atoms with van der Waals surface area (Å²) in [5.74, 6) is 0.134. The predicted octanol–water partition coefficient (Wildman–Crippen LogP) is 2.08. The first kappa shape index (κ1) is 8.24. The standard InChI is InChI=1S/C5H4ClNO.CH4/c6-5-2-1-4(8)3-7-5;/h1-3,8H;1H4. The Balaban J connectivity index is 0.000000640. The fourth-order valence-corrected chi connectivity index (χ4v) is 0.480. The van der Waals surface area contributed by atoms with Gasteiger partial charge in [-0.2, -0.15) is 0 Å². The Hall–Kier alpha value is -0.760. The third-order valence-corrected chi connectivity index (χ3v) is 0.935. The van der Waals surface area contributed by atoms with Crippen LogP contribution in [0.15, 0.2) is 18.3 Å². The molecular weight excluding hydrogens is 138 g/mol. The molecule has 1 aromatic rings. The molecule has 0 saturated carbocycles. The molecule has 0 unspecified atom stereocenters. The second-order valence-electron chi connectivity index (χ2n) is 1.34. The Labute approximate surface area is 59.1 Å². The molecule has 1 aromatic heterocycles. The number of aromatic hydroxyl groups is 1. The van der Waals surface area contributed by atoms with Gasteiger partial charge in [0, 0.05) is 0 Å². The van der Waals surface area contributed by atoms with E-state index >= 15 is 0 Å². The van der Waals surface area contributed by atoms with Crippen molar-refractivity contribution in [3.05, 3.63) is 23.5 Å². The van der Waals surface area contributed by atoms with Gasteiger partial charge < -0.3 is 5.11 Å². The maximum atomic E-state index is 8.64. The van der Waals surface area contributed by atoms with E-state index in [1.165, 1.54) is 18.3 Å². The summed E-state index contributed by atoms with van der Waals surface area (Å²) in [6.45, 7) is 0. The van der Waals surface area contributed by atoms with Crippen molar-refractivity contribution in [1.82, 2.24) is 4.98 Å². The zero-order chi connectivity index (χ0) is 5.98. The lowest BCUT2D eigenvalue weighted by atomic mass is 10.5. The van der Waals surface area contributed by atoms with Gasteiger partial charge >= 0.3 is 0 Å². The molecule has 0 aliphatic rings. The molecule has 0 aliphatic heterocycles. The Morgan fingerprint density at radius 2 is 2.11 bits per heavy atom. The first-order valence-corrected chi connectivity index (χ1v) is 2.47. The summed E-state index contributed by atoms with van der Waals surface area (Å²) in [5, 5.41) is 9.03. The largest absolute Gasteiger partial charge is 0.506 e. The van der Waals surface area contributed by atoms with Crippen molar-refractivity contribution in [1.29, 1.82) is 0 Å². The lowest BCUT2D eigenvalue weighted by Crippen LogP contribution is -1.69. The molecule has 0 aromatic carbocycles. The van der Waals surface area contributed by atoms with Gasteiger partial charge in [-0.15, -0.1) is 0 Å². The molecule has 0 aliphatic carbocycles. The van der Waals surface area contributed by atoms with Gasteiger partial charge in [-0.25, -0.2) is 4.98 Å². The third-order valence-electron chi connectivity index (χ3n) is 0.712. The molecule has 1 heterocycles. The van der Waals surface area contributed by atoms with Crippen LogP contribution in [0, 0.1) is 0 Å². The Kier molecular flexibility index (Phi) is 3.02. The number of rotatable bonds is 0. The van der Waals surface area contributed by atoms with Gasteiger partial charge in [0.05, 0.1) is 6.20 Å². The van der Waals surface area contributed by atoms with Gasteiger partial charge in [0.2, 0.25) is 0 Å². The van der Waals surface area contributed by atoms with Crippen LogP contribution in [0.25, 0.3) is 0 Å². The van der Waals surface area contributed by atoms with Crippen molar-refractivity contribution in [2.75, 3.05) is 0 Å². The van der Waals surface area contributed by atoms with Crippen LogP contribution in [-0.4, -0.2) is 10.1 Å². The van der Waals surface area contributed by atoms with Crippen molar-refractivity contribution in [2.45, 2.75) is 7.43 Å². The molecule has 0 atom stereocenters. The van der Waals surface area contributed by atoms with Crippen LogP contribution in [0.1, 0.15) is 7.43 Å². The summed E-state index contributed by atoms with van der Waals surface area (Å²) >= 11 is 5.39. The zero-order valence-corrected chi connectivity index (χ0v) is 4.76. The average Bonchev–Trinajstić information content (AvgIpc) is 1.77. The highest BCUT2D eigenvalue weighted by Gasteiger charge is 1.85. The van der Waals surface area contributed by atoms with Gasteiger partial charge in [0.1, 0.15) is 10.9 Å². The first-order valence-electron chi connectivity index (χ1n) is 2.09. The Bertz CT molecular complexity index is 152. The van der Waals surface area contributed by atoms with E-state index in [4.69, 9.17) is 16.7 Å². The molecule has 0 saturated heterocycles. The van der Waals surface area contributed by atoms with Gasteiger partial charge in [0.15, 0.2) is 0 Å². The van der Waals surface area contributed by atoms with Crippen molar-refractivity contribution >= 4 is 11.6 Å². The second-order valence-corrected chi connectivity index (χ2v) is 1.73. The summed E-state index contributed by atoms with van der Waals surface area (Å²) < 4.78 is 0. The zero-order valence-electron chi connectivity index (χ0n) is 4.00. The number of nitrogens with zero attached hydrogens (tertiary/aromatic N) is 1. The summed E-state index contributed by atoms with van der Waals surface area (Å²) in [6, 6.07) is 3.01. The van der Waals surface area contributed by atoms with Gasteiger partial charge in [-0.3, -0.25) is 0 Å². The molecule has 3 heteroatoms. The summed E-state index contributed by atoms with van der Waals surface area (Å²) in [5.41, 5.74) is 0. The smallest absolute Gasteiger partial charge is 0.133 e. The molecule has 0 fully saturated rings. The van der Waals surface area contributed by atoms with Crippen molar-refractivity contribution in [3.63, 3.8) is 0 Å². The lowest BCUT2D eigenvalue weighted by molar-refractivity contribution is 0.472. The van der Waals surface area contributed by atoms with Crippen molar-refractivity contribution in [2.24, 2.45) is 0 Å². The molecule has 0 bridgehead atoms. The summed E-state index contributed by atoms with van der Waals surface area (Å²) in [4.78, 5) is 3.59. The average molecular weight is 146 g/mol. The number of aromatic nitrogens is 1. The highest BCUT2D eigenvalue weighted by Crippen LogP contribution is 2.08.